The van der Waals surface area contributed by atoms with E-state index in [2.05, 4.69) is 5.32 Å². The van der Waals surface area contributed by atoms with E-state index in [0.717, 1.165) is 0 Å². The van der Waals surface area contributed by atoms with Crippen LogP contribution >= 0.6 is 0 Å². The molecule has 2 unspecified atom stereocenters. The molecule has 5 heteroatoms. The van der Waals surface area contributed by atoms with Gasteiger partial charge in [0.1, 0.15) is 12.1 Å². The van der Waals surface area contributed by atoms with Gasteiger partial charge in [0, 0.05) is 7.11 Å². The second-order valence-electron chi connectivity index (χ2n) is 5.35. The number of nitrogens with one attached hydrogen (secondary N) is 1. The van der Waals surface area contributed by atoms with E-state index >= 15 is 0 Å². The molecule has 0 spiro atoms. The van der Waals surface area contributed by atoms with Crippen LogP contribution in [0.15, 0.2) is 0 Å². The monoisotopic (exact) mass is 256 g/mol. The molecule has 1 fully saturated rings. The maximum atomic E-state index is 12.4. The van der Waals surface area contributed by atoms with E-state index in [4.69, 9.17) is 4.74 Å². The minimum Gasteiger partial charge on any atom is -0.382 e. The van der Waals surface area contributed by atoms with E-state index in [1.54, 1.807) is 12.0 Å². The molecule has 0 aromatic rings. The van der Waals surface area contributed by atoms with Crippen LogP contribution in [0.4, 0.5) is 0 Å². The molecule has 1 rings (SSSR count). The molecule has 2 amide bonds. The molecule has 0 aliphatic carbocycles. The molecule has 0 radical (unpaired) electrons. The van der Waals surface area contributed by atoms with Crippen LogP contribution in [-0.2, 0) is 14.3 Å². The average Bonchev–Trinajstić information content (AvgIpc) is 2.30. The number of hydrogen-bond donors (Lipinski definition) is 1. The van der Waals surface area contributed by atoms with E-state index < -0.39 is 17.6 Å². The molecule has 0 aromatic carbocycles. The van der Waals surface area contributed by atoms with Crippen molar-refractivity contribution in [2.24, 2.45) is 0 Å². The van der Waals surface area contributed by atoms with E-state index in [-0.39, 0.29) is 11.8 Å². The molecular formula is C13H24N2O3. The predicted octanol–water partition coefficient (Wildman–Crippen LogP) is 0.927. The Morgan fingerprint density at radius 1 is 1.28 bits per heavy atom. The van der Waals surface area contributed by atoms with Crippen LogP contribution in [0.2, 0.25) is 0 Å². The summed E-state index contributed by atoms with van der Waals surface area (Å²) in [6, 6.07) is -0.804. The standard InChI is InChI=1S/C13H24N2O3/c1-6-9-12(17)15(13(3,4)8-18-5)10(7-2)11(16)14-9/h9-10H,6-8H2,1-5H3,(H,14,16). The molecular weight excluding hydrogens is 232 g/mol. The highest BCUT2D eigenvalue weighted by Crippen LogP contribution is 2.25. The normalized spacial score (nSPS) is 25.3. The Morgan fingerprint density at radius 3 is 2.33 bits per heavy atom. The molecule has 5 nitrogen and oxygen atoms in total. The molecule has 1 aliphatic rings. The van der Waals surface area contributed by atoms with Crippen molar-refractivity contribution in [1.82, 2.24) is 10.2 Å². The fourth-order valence-electron chi connectivity index (χ4n) is 2.56. The van der Waals surface area contributed by atoms with Gasteiger partial charge < -0.3 is 15.0 Å². The molecule has 18 heavy (non-hydrogen) atoms. The van der Waals surface area contributed by atoms with Gasteiger partial charge in [0.05, 0.1) is 12.1 Å². The van der Waals surface area contributed by atoms with Gasteiger partial charge in [0.15, 0.2) is 0 Å². The summed E-state index contributed by atoms with van der Waals surface area (Å²) in [6.45, 7) is 8.10. The van der Waals surface area contributed by atoms with E-state index in [1.807, 2.05) is 27.7 Å². The van der Waals surface area contributed by atoms with Crippen molar-refractivity contribution in [1.29, 1.82) is 0 Å². The molecule has 1 N–H and O–H groups in total. The maximum Gasteiger partial charge on any atom is 0.246 e. The summed E-state index contributed by atoms with van der Waals surface area (Å²) in [5, 5.41) is 2.79. The highest BCUT2D eigenvalue weighted by atomic mass is 16.5. The first kappa shape index (κ1) is 15.0. The average molecular weight is 256 g/mol. The topological polar surface area (TPSA) is 58.6 Å². The number of carbonyl (C=O) groups excluding carboxylic acids is 2. The maximum absolute atomic E-state index is 12.4. The Balaban J connectivity index is 3.07. The van der Waals surface area contributed by atoms with Crippen molar-refractivity contribution < 1.29 is 14.3 Å². The van der Waals surface area contributed by atoms with Gasteiger partial charge in [-0.25, -0.2) is 0 Å². The number of nitrogens with zero attached hydrogens (tertiary/aromatic N) is 1. The van der Waals surface area contributed by atoms with Gasteiger partial charge in [-0.15, -0.1) is 0 Å². The highest BCUT2D eigenvalue weighted by molar-refractivity contribution is 5.97. The van der Waals surface area contributed by atoms with Crippen LogP contribution < -0.4 is 5.32 Å². The number of ether oxygens (including phenoxy) is 1. The van der Waals surface area contributed by atoms with Gasteiger partial charge in [-0.3, -0.25) is 9.59 Å². The van der Waals surface area contributed by atoms with Crippen LogP contribution in [0.3, 0.4) is 0 Å². The number of hydrogen-bond acceptors (Lipinski definition) is 3. The zero-order valence-corrected chi connectivity index (χ0v) is 11.9. The van der Waals surface area contributed by atoms with Crippen LogP contribution in [0.1, 0.15) is 40.5 Å². The van der Waals surface area contributed by atoms with E-state index in [1.165, 1.54) is 0 Å². The minimum absolute atomic E-state index is 0.00833. The number of piperazine rings is 1. The second-order valence-corrected chi connectivity index (χ2v) is 5.35. The fraction of sp³-hybridized carbons (Fsp3) is 0.846. The van der Waals surface area contributed by atoms with Gasteiger partial charge in [-0.2, -0.15) is 0 Å². The first-order valence-electron chi connectivity index (χ1n) is 6.51. The third-order valence-electron chi connectivity index (χ3n) is 3.41. The molecule has 1 heterocycles. The lowest BCUT2D eigenvalue weighted by molar-refractivity contribution is -0.158. The first-order chi connectivity index (χ1) is 8.38. The van der Waals surface area contributed by atoms with Crippen molar-refractivity contribution in [3.05, 3.63) is 0 Å². The van der Waals surface area contributed by atoms with Crippen LogP contribution in [0, 0.1) is 0 Å². The Kier molecular flexibility index (Phi) is 4.73. The Morgan fingerprint density at radius 2 is 1.89 bits per heavy atom. The van der Waals surface area contributed by atoms with Crippen molar-refractivity contribution in [3.8, 4) is 0 Å². The van der Waals surface area contributed by atoms with Crippen molar-refractivity contribution >= 4 is 11.8 Å². The SMILES string of the molecule is CCC1NC(=O)C(CC)N(C(C)(C)COC)C1=O. The third kappa shape index (κ3) is 2.66. The van der Waals surface area contributed by atoms with Crippen LogP contribution in [-0.4, -0.2) is 48.1 Å². The first-order valence-corrected chi connectivity index (χ1v) is 6.51. The van der Waals surface area contributed by atoms with Gasteiger partial charge in [-0.05, 0) is 26.7 Å². The summed E-state index contributed by atoms with van der Waals surface area (Å²) in [4.78, 5) is 26.2. The van der Waals surface area contributed by atoms with E-state index in [9.17, 15) is 9.59 Å². The molecule has 0 bridgehead atoms. The lowest BCUT2D eigenvalue weighted by Gasteiger charge is -2.47. The summed E-state index contributed by atoms with van der Waals surface area (Å²) in [7, 11) is 1.61. The molecule has 2 atom stereocenters. The lowest BCUT2D eigenvalue weighted by Crippen LogP contribution is -2.69. The summed E-state index contributed by atoms with van der Waals surface area (Å²) in [5.74, 6) is -0.0703. The van der Waals surface area contributed by atoms with Crippen molar-refractivity contribution in [2.75, 3.05) is 13.7 Å². The summed E-state index contributed by atoms with van der Waals surface area (Å²) in [6.07, 6.45) is 1.22. The minimum atomic E-state index is -0.475. The summed E-state index contributed by atoms with van der Waals surface area (Å²) in [5.41, 5.74) is -0.475. The second kappa shape index (κ2) is 5.69. The van der Waals surface area contributed by atoms with Crippen LogP contribution in [0.5, 0.6) is 0 Å². The molecule has 0 aromatic heterocycles. The molecule has 1 saturated heterocycles. The Labute approximate surface area is 109 Å². The number of rotatable bonds is 5. The van der Waals surface area contributed by atoms with Crippen LogP contribution in [0.25, 0.3) is 0 Å². The predicted molar refractivity (Wildman–Crippen MR) is 69.1 cm³/mol. The zero-order valence-electron chi connectivity index (χ0n) is 11.9. The van der Waals surface area contributed by atoms with Crippen molar-refractivity contribution in [3.63, 3.8) is 0 Å². The number of amides is 2. The lowest BCUT2D eigenvalue weighted by atomic mass is 9.94. The van der Waals surface area contributed by atoms with Gasteiger partial charge in [-0.1, -0.05) is 13.8 Å². The fourth-order valence-corrected chi connectivity index (χ4v) is 2.56. The largest absolute Gasteiger partial charge is 0.382 e. The van der Waals surface area contributed by atoms with Gasteiger partial charge in [0.25, 0.3) is 0 Å². The summed E-state index contributed by atoms with van der Waals surface area (Å²) < 4.78 is 5.18. The summed E-state index contributed by atoms with van der Waals surface area (Å²) >= 11 is 0. The highest BCUT2D eigenvalue weighted by Gasteiger charge is 2.45. The quantitative estimate of drug-likeness (QED) is 0.796. The van der Waals surface area contributed by atoms with E-state index in [0.29, 0.717) is 19.4 Å². The Bertz CT molecular complexity index is 328. The third-order valence-corrected chi connectivity index (χ3v) is 3.41. The Hall–Kier alpha value is -1.10. The zero-order chi connectivity index (χ0) is 13.9. The smallest absolute Gasteiger partial charge is 0.246 e. The molecule has 1 aliphatic heterocycles. The molecule has 104 valence electrons. The number of carbonyl (C=O) groups is 2. The van der Waals surface area contributed by atoms with Crippen molar-refractivity contribution in [2.45, 2.75) is 58.2 Å². The number of methoxy groups -OCH3 is 1. The van der Waals surface area contributed by atoms with Gasteiger partial charge >= 0.3 is 0 Å². The molecule has 0 saturated carbocycles. The van der Waals surface area contributed by atoms with Gasteiger partial charge in [0.2, 0.25) is 11.8 Å².